The molecule has 1 fully saturated rings. The molecule has 2 heteroatoms. The van der Waals surface area contributed by atoms with E-state index in [4.69, 9.17) is 11.5 Å². The molecule has 0 aromatic carbocycles. The highest BCUT2D eigenvalue weighted by atomic mass is 14.8. The molecule has 0 aliphatic heterocycles. The second-order valence-corrected chi connectivity index (χ2v) is 3.94. The van der Waals surface area contributed by atoms with Gasteiger partial charge in [-0.25, -0.2) is 0 Å². The lowest BCUT2D eigenvalue weighted by molar-refractivity contribution is 0.206. The van der Waals surface area contributed by atoms with Gasteiger partial charge in [0.15, 0.2) is 0 Å². The van der Waals surface area contributed by atoms with Crippen molar-refractivity contribution in [1.29, 1.82) is 0 Å². The minimum Gasteiger partial charge on any atom is -0.328 e. The molecule has 0 bridgehead atoms. The van der Waals surface area contributed by atoms with Crippen molar-refractivity contribution in [3.63, 3.8) is 0 Å². The summed E-state index contributed by atoms with van der Waals surface area (Å²) in [5.74, 6) is 0.580. The summed E-state index contributed by atoms with van der Waals surface area (Å²) in [4.78, 5) is 0. The monoisotopic (exact) mass is 142 g/mol. The maximum absolute atomic E-state index is 6.03. The van der Waals surface area contributed by atoms with E-state index >= 15 is 0 Å². The first kappa shape index (κ1) is 8.02. The van der Waals surface area contributed by atoms with Crippen LogP contribution in [0.25, 0.3) is 0 Å². The zero-order valence-electron chi connectivity index (χ0n) is 6.93. The van der Waals surface area contributed by atoms with Crippen LogP contribution < -0.4 is 11.5 Å². The Morgan fingerprint density at radius 3 is 2.50 bits per heavy atom. The van der Waals surface area contributed by atoms with Gasteiger partial charge >= 0.3 is 0 Å². The summed E-state index contributed by atoms with van der Waals surface area (Å²) < 4.78 is 0. The first-order chi connectivity index (χ1) is 4.52. The molecular weight excluding hydrogens is 124 g/mol. The van der Waals surface area contributed by atoms with Gasteiger partial charge in [0, 0.05) is 11.6 Å². The lowest BCUT2D eigenvalue weighted by atomic mass is 9.74. The van der Waals surface area contributed by atoms with Crippen LogP contribution in [-0.4, -0.2) is 11.6 Å². The largest absolute Gasteiger partial charge is 0.328 e. The van der Waals surface area contributed by atoms with Crippen molar-refractivity contribution in [3.05, 3.63) is 0 Å². The molecule has 1 saturated carbocycles. The van der Waals surface area contributed by atoms with Crippen LogP contribution in [0.1, 0.15) is 33.1 Å². The van der Waals surface area contributed by atoms with Gasteiger partial charge < -0.3 is 11.5 Å². The van der Waals surface area contributed by atoms with Gasteiger partial charge in [0.1, 0.15) is 0 Å². The molecule has 0 amide bonds. The van der Waals surface area contributed by atoms with E-state index in [9.17, 15) is 0 Å². The lowest BCUT2D eigenvalue weighted by Crippen LogP contribution is -2.49. The number of hydrogen-bond donors (Lipinski definition) is 2. The van der Waals surface area contributed by atoms with Gasteiger partial charge in [-0.1, -0.05) is 6.92 Å². The smallest absolute Gasteiger partial charge is 0.0152 e. The molecule has 3 atom stereocenters. The van der Waals surface area contributed by atoms with Crippen LogP contribution >= 0.6 is 0 Å². The summed E-state index contributed by atoms with van der Waals surface area (Å²) in [6.45, 7) is 4.32. The Morgan fingerprint density at radius 2 is 2.10 bits per heavy atom. The predicted octanol–water partition coefficient (Wildman–Crippen LogP) is 0.851. The Balaban J connectivity index is 2.52. The molecule has 60 valence electrons. The summed E-state index contributed by atoms with van der Waals surface area (Å²) in [6.07, 6.45) is 3.26. The quantitative estimate of drug-likeness (QED) is 0.527. The molecule has 0 radical (unpaired) electrons. The summed E-state index contributed by atoms with van der Waals surface area (Å²) >= 11 is 0. The highest BCUT2D eigenvalue weighted by Crippen LogP contribution is 2.30. The zero-order valence-corrected chi connectivity index (χ0v) is 6.93. The normalized spacial score (nSPS) is 49.2. The maximum Gasteiger partial charge on any atom is 0.0152 e. The molecule has 10 heavy (non-hydrogen) atoms. The van der Waals surface area contributed by atoms with Crippen LogP contribution in [-0.2, 0) is 0 Å². The van der Waals surface area contributed by atoms with Crippen molar-refractivity contribution >= 4 is 0 Å². The standard InChI is InChI=1S/C8H18N2/c1-6-5-7(9)3-4-8(6,2)10/h6-7H,3-5,9-10H2,1-2H3/t6-,7?,8-/m1/s1. The fourth-order valence-electron chi connectivity index (χ4n) is 1.58. The highest BCUT2D eigenvalue weighted by Gasteiger charge is 2.32. The van der Waals surface area contributed by atoms with Crippen molar-refractivity contribution in [2.45, 2.75) is 44.7 Å². The Labute approximate surface area is 63.0 Å². The second kappa shape index (κ2) is 2.51. The Bertz CT molecular complexity index is 120. The van der Waals surface area contributed by atoms with E-state index in [1.165, 1.54) is 0 Å². The summed E-state index contributed by atoms with van der Waals surface area (Å²) in [6, 6.07) is 0.395. The van der Waals surface area contributed by atoms with Gasteiger partial charge in [-0.15, -0.1) is 0 Å². The third-order valence-corrected chi connectivity index (χ3v) is 2.84. The average molecular weight is 142 g/mol. The Morgan fingerprint density at radius 1 is 1.50 bits per heavy atom. The molecule has 1 rings (SSSR count). The molecule has 1 aliphatic rings. The van der Waals surface area contributed by atoms with E-state index in [-0.39, 0.29) is 5.54 Å². The molecular formula is C8H18N2. The fourth-order valence-corrected chi connectivity index (χ4v) is 1.58. The molecule has 1 unspecified atom stereocenters. The Kier molecular flexibility index (Phi) is 2.02. The molecule has 2 nitrogen and oxygen atoms in total. The third-order valence-electron chi connectivity index (χ3n) is 2.84. The molecule has 0 saturated heterocycles. The second-order valence-electron chi connectivity index (χ2n) is 3.94. The van der Waals surface area contributed by atoms with Crippen LogP contribution in [0.3, 0.4) is 0 Å². The van der Waals surface area contributed by atoms with Crippen molar-refractivity contribution < 1.29 is 0 Å². The van der Waals surface area contributed by atoms with Crippen molar-refractivity contribution in [2.75, 3.05) is 0 Å². The van der Waals surface area contributed by atoms with Crippen LogP contribution in [0.15, 0.2) is 0 Å². The molecule has 4 N–H and O–H groups in total. The number of nitrogens with two attached hydrogens (primary N) is 2. The van der Waals surface area contributed by atoms with Gasteiger partial charge in [0.2, 0.25) is 0 Å². The summed E-state index contributed by atoms with van der Waals surface area (Å²) in [5.41, 5.74) is 11.9. The Hall–Kier alpha value is -0.0800. The van der Waals surface area contributed by atoms with Crippen molar-refractivity contribution in [3.8, 4) is 0 Å². The molecule has 0 spiro atoms. The fraction of sp³-hybridized carbons (Fsp3) is 1.00. The van der Waals surface area contributed by atoms with Gasteiger partial charge in [-0.05, 0) is 32.1 Å². The van der Waals surface area contributed by atoms with E-state index in [1.807, 2.05) is 0 Å². The highest BCUT2D eigenvalue weighted by molar-refractivity contribution is 4.91. The minimum absolute atomic E-state index is 0.0376. The molecule has 0 aromatic heterocycles. The first-order valence-electron chi connectivity index (χ1n) is 4.07. The average Bonchev–Trinajstić information content (AvgIpc) is 1.81. The summed E-state index contributed by atoms with van der Waals surface area (Å²) in [5, 5.41) is 0. The van der Waals surface area contributed by atoms with Crippen molar-refractivity contribution in [1.82, 2.24) is 0 Å². The molecule has 1 aliphatic carbocycles. The van der Waals surface area contributed by atoms with E-state index in [0.717, 1.165) is 19.3 Å². The lowest BCUT2D eigenvalue weighted by Gasteiger charge is -2.38. The van der Waals surface area contributed by atoms with Gasteiger partial charge in [-0.2, -0.15) is 0 Å². The number of hydrogen-bond acceptors (Lipinski definition) is 2. The number of rotatable bonds is 0. The summed E-state index contributed by atoms with van der Waals surface area (Å²) in [7, 11) is 0. The first-order valence-corrected chi connectivity index (χ1v) is 4.07. The van der Waals surface area contributed by atoms with Crippen LogP contribution in [0.2, 0.25) is 0 Å². The van der Waals surface area contributed by atoms with Gasteiger partial charge in [0.25, 0.3) is 0 Å². The van der Waals surface area contributed by atoms with E-state index in [2.05, 4.69) is 13.8 Å². The molecule has 0 aromatic rings. The zero-order chi connectivity index (χ0) is 7.78. The van der Waals surface area contributed by atoms with Crippen LogP contribution in [0, 0.1) is 5.92 Å². The molecule has 0 heterocycles. The van der Waals surface area contributed by atoms with Crippen LogP contribution in [0.4, 0.5) is 0 Å². The van der Waals surface area contributed by atoms with Gasteiger partial charge in [-0.3, -0.25) is 0 Å². The van der Waals surface area contributed by atoms with Crippen molar-refractivity contribution in [2.24, 2.45) is 17.4 Å². The third kappa shape index (κ3) is 1.50. The SMILES string of the molecule is C[C@@H]1CC(N)CC[C@@]1(C)N. The minimum atomic E-state index is 0.0376. The maximum atomic E-state index is 6.03. The van der Waals surface area contributed by atoms with E-state index in [0.29, 0.717) is 12.0 Å². The van der Waals surface area contributed by atoms with E-state index < -0.39 is 0 Å². The predicted molar refractivity (Wildman–Crippen MR) is 43.6 cm³/mol. The van der Waals surface area contributed by atoms with E-state index in [1.54, 1.807) is 0 Å². The van der Waals surface area contributed by atoms with Gasteiger partial charge in [0.05, 0.1) is 0 Å². The topological polar surface area (TPSA) is 52.0 Å². The van der Waals surface area contributed by atoms with Crippen LogP contribution in [0.5, 0.6) is 0 Å².